The van der Waals surface area contributed by atoms with Gasteiger partial charge in [-0.25, -0.2) is 4.79 Å². The number of anilines is 1. The van der Waals surface area contributed by atoms with Crippen molar-refractivity contribution in [2.75, 3.05) is 5.32 Å². The average molecular weight is 310 g/mol. The van der Waals surface area contributed by atoms with Crippen molar-refractivity contribution < 1.29 is 19.1 Å². The van der Waals surface area contributed by atoms with Crippen molar-refractivity contribution in [1.29, 1.82) is 0 Å². The highest BCUT2D eigenvalue weighted by Crippen LogP contribution is 2.21. The standard InChI is InChI=1S/C12H8BrNO4/c13-8-1-2-10(9(5-8)12(16)17)14-11(15)7-3-4-18-6-7/h1-6H,(H,14,15)(H,16,17). The molecule has 1 amide bonds. The third-order valence-corrected chi connectivity index (χ3v) is 2.74. The number of benzene rings is 1. The Bertz CT molecular complexity index is 592. The molecule has 5 nitrogen and oxygen atoms in total. The topological polar surface area (TPSA) is 79.5 Å². The van der Waals surface area contributed by atoms with Gasteiger partial charge in [-0.15, -0.1) is 0 Å². The van der Waals surface area contributed by atoms with Crippen molar-refractivity contribution in [2.24, 2.45) is 0 Å². The molecule has 1 heterocycles. The van der Waals surface area contributed by atoms with E-state index in [1.807, 2.05) is 0 Å². The van der Waals surface area contributed by atoms with Gasteiger partial charge < -0.3 is 14.8 Å². The summed E-state index contributed by atoms with van der Waals surface area (Å²) >= 11 is 3.18. The molecule has 6 heteroatoms. The molecule has 0 saturated carbocycles. The van der Waals surface area contributed by atoms with E-state index in [4.69, 9.17) is 9.52 Å². The zero-order valence-electron chi connectivity index (χ0n) is 9.01. The summed E-state index contributed by atoms with van der Waals surface area (Å²) in [7, 11) is 0. The van der Waals surface area contributed by atoms with Crippen LogP contribution in [0.1, 0.15) is 20.7 Å². The van der Waals surface area contributed by atoms with Gasteiger partial charge in [-0.05, 0) is 24.3 Å². The molecule has 18 heavy (non-hydrogen) atoms. The van der Waals surface area contributed by atoms with E-state index in [1.165, 1.54) is 30.7 Å². The third kappa shape index (κ3) is 2.60. The Balaban J connectivity index is 2.29. The molecule has 0 unspecified atom stereocenters. The number of rotatable bonds is 3. The summed E-state index contributed by atoms with van der Waals surface area (Å²) in [6, 6.07) is 6.09. The quantitative estimate of drug-likeness (QED) is 0.913. The highest BCUT2D eigenvalue weighted by molar-refractivity contribution is 9.10. The summed E-state index contributed by atoms with van der Waals surface area (Å²) in [6.07, 6.45) is 2.66. The minimum atomic E-state index is -1.11. The van der Waals surface area contributed by atoms with Gasteiger partial charge in [0.1, 0.15) is 6.26 Å². The molecule has 2 N–H and O–H groups in total. The lowest BCUT2D eigenvalue weighted by Gasteiger charge is -2.07. The maximum atomic E-state index is 11.8. The van der Waals surface area contributed by atoms with Crippen molar-refractivity contribution in [1.82, 2.24) is 0 Å². The van der Waals surface area contributed by atoms with Gasteiger partial charge >= 0.3 is 5.97 Å². The molecule has 1 aromatic heterocycles. The number of carbonyl (C=O) groups is 2. The first-order chi connectivity index (χ1) is 8.58. The van der Waals surface area contributed by atoms with Crippen LogP contribution in [-0.2, 0) is 0 Å². The molecule has 0 atom stereocenters. The van der Waals surface area contributed by atoms with Crippen LogP contribution >= 0.6 is 15.9 Å². The van der Waals surface area contributed by atoms with E-state index in [2.05, 4.69) is 21.2 Å². The summed E-state index contributed by atoms with van der Waals surface area (Å²) in [5, 5.41) is 11.6. The van der Waals surface area contributed by atoms with Crippen LogP contribution in [0, 0.1) is 0 Å². The zero-order chi connectivity index (χ0) is 13.1. The molecule has 92 valence electrons. The molecule has 0 aliphatic rings. The smallest absolute Gasteiger partial charge is 0.337 e. The van der Waals surface area contributed by atoms with Gasteiger partial charge in [0.05, 0.1) is 23.1 Å². The second-order valence-corrected chi connectivity index (χ2v) is 4.38. The van der Waals surface area contributed by atoms with E-state index in [1.54, 1.807) is 6.07 Å². The number of aromatic carboxylic acids is 1. The van der Waals surface area contributed by atoms with Crippen LogP contribution in [0.25, 0.3) is 0 Å². The molecular formula is C12H8BrNO4. The first-order valence-electron chi connectivity index (χ1n) is 4.94. The van der Waals surface area contributed by atoms with E-state index in [0.717, 1.165) is 0 Å². The van der Waals surface area contributed by atoms with Crippen LogP contribution in [-0.4, -0.2) is 17.0 Å². The monoisotopic (exact) mass is 309 g/mol. The maximum absolute atomic E-state index is 11.8. The minimum Gasteiger partial charge on any atom is -0.478 e. The van der Waals surface area contributed by atoms with Crippen LogP contribution in [0.15, 0.2) is 45.7 Å². The Hall–Kier alpha value is -2.08. The number of halogens is 1. The predicted molar refractivity (Wildman–Crippen MR) is 67.8 cm³/mol. The predicted octanol–water partition coefficient (Wildman–Crippen LogP) is 2.99. The maximum Gasteiger partial charge on any atom is 0.337 e. The summed E-state index contributed by atoms with van der Waals surface area (Å²) in [5.41, 5.74) is 0.576. The molecule has 0 radical (unpaired) electrons. The average Bonchev–Trinajstić information content (AvgIpc) is 2.84. The van der Waals surface area contributed by atoms with Crippen LogP contribution < -0.4 is 5.32 Å². The van der Waals surface area contributed by atoms with Gasteiger partial charge in [-0.3, -0.25) is 4.79 Å². The van der Waals surface area contributed by atoms with Gasteiger partial charge in [0, 0.05) is 4.47 Å². The van der Waals surface area contributed by atoms with Crippen LogP contribution in [0.3, 0.4) is 0 Å². The molecule has 2 rings (SSSR count). The van der Waals surface area contributed by atoms with E-state index in [0.29, 0.717) is 10.0 Å². The van der Waals surface area contributed by atoms with Gasteiger partial charge in [0.15, 0.2) is 0 Å². The minimum absolute atomic E-state index is 0.0150. The molecule has 0 fully saturated rings. The fraction of sp³-hybridized carbons (Fsp3) is 0. The molecule has 0 saturated heterocycles. The zero-order valence-corrected chi connectivity index (χ0v) is 10.6. The molecule has 1 aromatic carbocycles. The Kier molecular flexibility index (Phi) is 3.47. The highest BCUT2D eigenvalue weighted by atomic mass is 79.9. The van der Waals surface area contributed by atoms with Crippen molar-refractivity contribution in [3.63, 3.8) is 0 Å². The first kappa shape index (κ1) is 12.4. The largest absolute Gasteiger partial charge is 0.478 e. The Morgan fingerprint density at radius 3 is 2.67 bits per heavy atom. The normalized spacial score (nSPS) is 10.1. The summed E-state index contributed by atoms with van der Waals surface area (Å²) in [4.78, 5) is 22.8. The van der Waals surface area contributed by atoms with Gasteiger partial charge in [-0.2, -0.15) is 0 Å². The van der Waals surface area contributed by atoms with Crippen molar-refractivity contribution in [3.8, 4) is 0 Å². The number of hydrogen-bond donors (Lipinski definition) is 2. The second kappa shape index (κ2) is 5.05. The molecular weight excluding hydrogens is 302 g/mol. The number of carboxylic acid groups (broad SMARTS) is 1. The Labute approximate surface area is 111 Å². The van der Waals surface area contributed by atoms with Crippen molar-refractivity contribution >= 4 is 33.5 Å². The Morgan fingerprint density at radius 2 is 2.06 bits per heavy atom. The Morgan fingerprint density at radius 1 is 1.28 bits per heavy atom. The molecule has 2 aromatic rings. The number of carboxylic acids is 1. The van der Waals surface area contributed by atoms with Crippen LogP contribution in [0.4, 0.5) is 5.69 Å². The molecule has 0 aliphatic heterocycles. The van der Waals surface area contributed by atoms with Gasteiger partial charge in [-0.1, -0.05) is 15.9 Å². The number of hydrogen-bond acceptors (Lipinski definition) is 3. The van der Waals surface area contributed by atoms with Gasteiger partial charge in [0.25, 0.3) is 5.91 Å². The number of carbonyl (C=O) groups excluding carboxylic acids is 1. The third-order valence-electron chi connectivity index (χ3n) is 2.24. The fourth-order valence-electron chi connectivity index (χ4n) is 1.39. The lowest BCUT2D eigenvalue weighted by molar-refractivity contribution is 0.0698. The highest BCUT2D eigenvalue weighted by Gasteiger charge is 2.14. The summed E-state index contributed by atoms with van der Waals surface area (Å²) in [6.45, 7) is 0. The van der Waals surface area contributed by atoms with Crippen molar-refractivity contribution in [2.45, 2.75) is 0 Å². The molecule has 0 aliphatic carbocycles. The SMILES string of the molecule is O=C(Nc1ccc(Br)cc1C(=O)O)c1ccoc1. The lowest BCUT2D eigenvalue weighted by atomic mass is 10.1. The van der Waals surface area contributed by atoms with Crippen LogP contribution in [0.2, 0.25) is 0 Å². The molecule has 0 bridgehead atoms. The van der Waals surface area contributed by atoms with E-state index >= 15 is 0 Å². The van der Waals surface area contributed by atoms with E-state index in [9.17, 15) is 9.59 Å². The second-order valence-electron chi connectivity index (χ2n) is 3.46. The van der Waals surface area contributed by atoms with E-state index < -0.39 is 11.9 Å². The summed E-state index contributed by atoms with van der Waals surface area (Å²) < 4.78 is 5.41. The van der Waals surface area contributed by atoms with Gasteiger partial charge in [0.2, 0.25) is 0 Å². The first-order valence-corrected chi connectivity index (χ1v) is 5.73. The fourth-order valence-corrected chi connectivity index (χ4v) is 1.75. The lowest BCUT2D eigenvalue weighted by Crippen LogP contribution is -2.14. The van der Waals surface area contributed by atoms with Crippen molar-refractivity contribution in [3.05, 3.63) is 52.4 Å². The number of nitrogens with one attached hydrogen (secondary N) is 1. The number of furan rings is 1. The summed E-state index contributed by atoms with van der Waals surface area (Å²) in [5.74, 6) is -1.53. The van der Waals surface area contributed by atoms with E-state index in [-0.39, 0.29) is 11.3 Å². The molecule has 0 spiro atoms. The van der Waals surface area contributed by atoms with Crippen LogP contribution in [0.5, 0.6) is 0 Å². The number of amides is 1.